The van der Waals surface area contributed by atoms with E-state index in [2.05, 4.69) is 15.0 Å². The molecular formula is C15H20N6O5S. The summed E-state index contributed by atoms with van der Waals surface area (Å²) in [6.07, 6.45) is 4.50. The molecular weight excluding hydrogens is 376 g/mol. The van der Waals surface area contributed by atoms with Crippen molar-refractivity contribution < 1.29 is 13.2 Å². The van der Waals surface area contributed by atoms with Crippen LogP contribution in [-0.4, -0.2) is 69.2 Å². The first-order valence-corrected chi connectivity index (χ1v) is 9.88. The Hall–Kier alpha value is -2.73. The molecule has 2 aromatic heterocycles. The molecule has 2 N–H and O–H groups in total. The quantitative estimate of drug-likeness (QED) is 0.635. The maximum absolute atomic E-state index is 12.5. The predicted molar refractivity (Wildman–Crippen MR) is 94.5 cm³/mol. The van der Waals surface area contributed by atoms with Crippen LogP contribution in [0.3, 0.4) is 0 Å². The minimum atomic E-state index is -3.66. The van der Waals surface area contributed by atoms with E-state index in [9.17, 15) is 22.8 Å². The van der Waals surface area contributed by atoms with Crippen molar-refractivity contribution >= 4 is 15.9 Å². The lowest BCUT2D eigenvalue weighted by Crippen LogP contribution is -2.38. The summed E-state index contributed by atoms with van der Waals surface area (Å²) in [6.45, 7) is 1.35. The zero-order chi connectivity index (χ0) is 19.4. The molecule has 0 spiro atoms. The van der Waals surface area contributed by atoms with Crippen LogP contribution < -0.4 is 11.2 Å². The molecule has 0 atom stereocenters. The molecule has 1 saturated heterocycles. The Morgan fingerprint density at radius 3 is 2.70 bits per heavy atom. The van der Waals surface area contributed by atoms with Gasteiger partial charge in [0.15, 0.2) is 5.03 Å². The number of aromatic amines is 2. The second-order valence-electron chi connectivity index (χ2n) is 6.11. The summed E-state index contributed by atoms with van der Waals surface area (Å²) in [6, 6.07) is 1.22. The van der Waals surface area contributed by atoms with Crippen LogP contribution >= 0.6 is 0 Å². The number of nitrogens with zero attached hydrogens (tertiary/aromatic N) is 4. The Balaban J connectivity index is 1.60. The van der Waals surface area contributed by atoms with Gasteiger partial charge < -0.3 is 14.5 Å². The van der Waals surface area contributed by atoms with Gasteiger partial charge in [-0.3, -0.25) is 14.6 Å². The fraction of sp³-hybridized carbons (Fsp3) is 0.467. The van der Waals surface area contributed by atoms with Crippen molar-refractivity contribution in [1.82, 2.24) is 28.7 Å². The van der Waals surface area contributed by atoms with Crippen molar-refractivity contribution in [3.8, 4) is 0 Å². The van der Waals surface area contributed by atoms with Crippen molar-refractivity contribution in [2.24, 2.45) is 0 Å². The fourth-order valence-corrected chi connectivity index (χ4v) is 4.27. The van der Waals surface area contributed by atoms with E-state index < -0.39 is 21.3 Å². The maximum atomic E-state index is 12.5. The number of sulfonamides is 1. The zero-order valence-corrected chi connectivity index (χ0v) is 15.3. The summed E-state index contributed by atoms with van der Waals surface area (Å²) in [7, 11) is -3.66. The van der Waals surface area contributed by atoms with Crippen molar-refractivity contribution in [1.29, 1.82) is 0 Å². The van der Waals surface area contributed by atoms with Gasteiger partial charge in [0, 0.05) is 51.4 Å². The lowest BCUT2D eigenvalue weighted by Gasteiger charge is -2.21. The number of rotatable bonds is 5. The standard InChI is InChI=1S/C15H20N6O5S/c22-12-2-6-20(15(24)18-12)7-3-14(23)19-4-1-5-21(9-8-19)27(25,26)13-10-16-11-17-13/h2,6,10-11H,1,3-5,7-9H2,(H,16,17)(H,18,22,24). The van der Waals surface area contributed by atoms with E-state index in [1.807, 2.05) is 0 Å². The number of carbonyl (C=O) groups is 1. The van der Waals surface area contributed by atoms with Gasteiger partial charge in [-0.05, 0) is 6.42 Å². The number of carbonyl (C=O) groups excluding carboxylic acids is 1. The van der Waals surface area contributed by atoms with E-state index in [4.69, 9.17) is 0 Å². The summed E-state index contributed by atoms with van der Waals surface area (Å²) in [5.41, 5.74) is -1.06. The maximum Gasteiger partial charge on any atom is 0.328 e. The highest BCUT2D eigenvalue weighted by Crippen LogP contribution is 2.15. The molecule has 2 aromatic rings. The highest BCUT2D eigenvalue weighted by molar-refractivity contribution is 7.89. The summed E-state index contributed by atoms with van der Waals surface area (Å²) in [5.74, 6) is -0.172. The first kappa shape index (κ1) is 19.0. The molecule has 0 bridgehead atoms. The van der Waals surface area contributed by atoms with Crippen molar-refractivity contribution in [3.05, 3.63) is 45.6 Å². The van der Waals surface area contributed by atoms with Gasteiger partial charge in [-0.2, -0.15) is 4.31 Å². The van der Waals surface area contributed by atoms with Gasteiger partial charge in [0.05, 0.1) is 12.5 Å². The molecule has 1 aliphatic rings. The molecule has 146 valence electrons. The molecule has 3 heterocycles. The second-order valence-corrected chi connectivity index (χ2v) is 8.01. The third-order valence-electron chi connectivity index (χ3n) is 4.36. The van der Waals surface area contributed by atoms with Gasteiger partial charge in [-0.15, -0.1) is 0 Å². The molecule has 12 heteroatoms. The highest BCUT2D eigenvalue weighted by Gasteiger charge is 2.29. The lowest BCUT2D eigenvalue weighted by atomic mass is 10.3. The van der Waals surface area contributed by atoms with E-state index in [1.165, 1.54) is 33.7 Å². The third-order valence-corrected chi connectivity index (χ3v) is 6.19. The average Bonchev–Trinajstić information content (AvgIpc) is 3.06. The molecule has 1 fully saturated rings. The normalized spacial score (nSPS) is 16.2. The van der Waals surface area contributed by atoms with Crippen LogP contribution in [0.2, 0.25) is 0 Å². The number of nitrogens with one attached hydrogen (secondary N) is 2. The van der Waals surface area contributed by atoms with Gasteiger partial charge in [0.25, 0.3) is 15.6 Å². The zero-order valence-electron chi connectivity index (χ0n) is 14.5. The molecule has 1 amide bonds. The molecule has 1 aliphatic heterocycles. The number of imidazole rings is 1. The van der Waals surface area contributed by atoms with Gasteiger partial charge in [0.1, 0.15) is 0 Å². The van der Waals surface area contributed by atoms with E-state index in [0.717, 1.165) is 0 Å². The highest BCUT2D eigenvalue weighted by atomic mass is 32.2. The van der Waals surface area contributed by atoms with Gasteiger partial charge in [-0.25, -0.2) is 18.2 Å². The van der Waals surface area contributed by atoms with E-state index in [1.54, 1.807) is 4.90 Å². The summed E-state index contributed by atoms with van der Waals surface area (Å²) >= 11 is 0. The first-order valence-electron chi connectivity index (χ1n) is 8.44. The van der Waals surface area contributed by atoms with Crippen LogP contribution in [0, 0.1) is 0 Å². The van der Waals surface area contributed by atoms with Crippen LogP contribution in [0.25, 0.3) is 0 Å². The van der Waals surface area contributed by atoms with Crippen molar-refractivity contribution in [2.75, 3.05) is 26.2 Å². The smallest absolute Gasteiger partial charge is 0.328 e. The number of hydrogen-bond donors (Lipinski definition) is 2. The number of hydrogen-bond acceptors (Lipinski definition) is 6. The van der Waals surface area contributed by atoms with Crippen LogP contribution in [0.15, 0.2) is 39.4 Å². The minimum Gasteiger partial charge on any atom is -0.341 e. The topological polar surface area (TPSA) is 141 Å². The van der Waals surface area contributed by atoms with E-state index in [0.29, 0.717) is 19.5 Å². The van der Waals surface area contributed by atoms with E-state index in [-0.39, 0.29) is 37.0 Å². The first-order chi connectivity index (χ1) is 12.9. The fourth-order valence-electron chi connectivity index (χ4n) is 2.90. The largest absolute Gasteiger partial charge is 0.341 e. The van der Waals surface area contributed by atoms with Gasteiger partial charge in [0.2, 0.25) is 5.91 Å². The van der Waals surface area contributed by atoms with E-state index >= 15 is 0 Å². The third kappa shape index (κ3) is 4.34. The van der Waals surface area contributed by atoms with Crippen LogP contribution in [0.1, 0.15) is 12.8 Å². The Morgan fingerprint density at radius 1 is 1.19 bits per heavy atom. The van der Waals surface area contributed by atoms with Crippen LogP contribution in [0.4, 0.5) is 0 Å². The number of H-pyrrole nitrogens is 2. The molecule has 0 aromatic carbocycles. The molecule has 0 saturated carbocycles. The van der Waals surface area contributed by atoms with Gasteiger partial charge >= 0.3 is 5.69 Å². The summed E-state index contributed by atoms with van der Waals surface area (Å²) in [4.78, 5) is 45.2. The average molecular weight is 396 g/mol. The second kappa shape index (κ2) is 7.88. The Labute approximate surface area is 154 Å². The Kier molecular flexibility index (Phi) is 5.56. The Morgan fingerprint density at radius 2 is 2.00 bits per heavy atom. The monoisotopic (exact) mass is 396 g/mol. The molecule has 27 heavy (non-hydrogen) atoms. The summed E-state index contributed by atoms with van der Waals surface area (Å²) < 4.78 is 27.7. The molecule has 0 radical (unpaired) electrons. The van der Waals surface area contributed by atoms with Crippen molar-refractivity contribution in [2.45, 2.75) is 24.4 Å². The molecule has 11 nitrogen and oxygen atoms in total. The minimum absolute atomic E-state index is 0.0275. The molecule has 0 unspecified atom stereocenters. The molecule has 3 rings (SSSR count). The van der Waals surface area contributed by atoms with Crippen molar-refractivity contribution in [3.63, 3.8) is 0 Å². The van der Waals surface area contributed by atoms with Gasteiger partial charge in [-0.1, -0.05) is 0 Å². The van der Waals surface area contributed by atoms with Crippen LogP contribution in [0.5, 0.6) is 0 Å². The summed E-state index contributed by atoms with van der Waals surface area (Å²) in [5, 5.41) is 0.0275. The number of aryl methyl sites for hydroxylation is 1. The lowest BCUT2D eigenvalue weighted by molar-refractivity contribution is -0.131. The SMILES string of the molecule is O=C(CCn1ccc(=O)[nH]c1=O)N1CCCN(S(=O)(=O)c2cnc[nH]2)CC1. The number of aromatic nitrogens is 4. The van der Waals surface area contributed by atoms with Crippen LogP contribution in [-0.2, 0) is 21.4 Å². The Bertz CT molecular complexity index is 1010. The molecule has 0 aliphatic carbocycles. The number of amides is 1. The predicted octanol–water partition coefficient (Wildman–Crippen LogP) is -1.43.